The van der Waals surface area contributed by atoms with Crippen LogP contribution in [0, 0.1) is 0 Å². The number of nitrogens with two attached hydrogens (primary N) is 1. The molecule has 0 aliphatic carbocycles. The van der Waals surface area contributed by atoms with Gasteiger partial charge in [-0.25, -0.2) is 9.97 Å². The maximum Gasteiger partial charge on any atom is 0.131 e. The lowest BCUT2D eigenvalue weighted by molar-refractivity contribution is 0.253. The SMILES string of the molecule is CC(CCN)c1nccc(C2CCN(C)CC2)n1. The Kier molecular flexibility index (Phi) is 4.66. The van der Waals surface area contributed by atoms with Gasteiger partial charge in [-0.1, -0.05) is 6.92 Å². The average Bonchev–Trinajstić information content (AvgIpc) is 2.40. The zero-order valence-electron chi connectivity index (χ0n) is 11.5. The fourth-order valence-electron chi connectivity index (χ4n) is 2.54. The van der Waals surface area contributed by atoms with Gasteiger partial charge in [-0.3, -0.25) is 0 Å². The van der Waals surface area contributed by atoms with Gasteiger partial charge in [0.15, 0.2) is 0 Å². The summed E-state index contributed by atoms with van der Waals surface area (Å²) in [4.78, 5) is 11.5. The number of hydrogen-bond donors (Lipinski definition) is 1. The van der Waals surface area contributed by atoms with Crippen molar-refractivity contribution in [2.45, 2.75) is 38.0 Å². The largest absolute Gasteiger partial charge is 0.330 e. The topological polar surface area (TPSA) is 55.0 Å². The van der Waals surface area contributed by atoms with Crippen LogP contribution in [0.1, 0.15) is 49.5 Å². The molecule has 2 rings (SSSR count). The lowest BCUT2D eigenvalue weighted by Gasteiger charge is -2.28. The predicted octanol–water partition coefficient (Wildman–Crippen LogP) is 1.74. The van der Waals surface area contributed by atoms with Crippen molar-refractivity contribution in [1.29, 1.82) is 0 Å². The smallest absolute Gasteiger partial charge is 0.131 e. The van der Waals surface area contributed by atoms with Crippen LogP contribution in [0.25, 0.3) is 0 Å². The molecule has 1 unspecified atom stereocenters. The minimum atomic E-state index is 0.362. The standard InChI is InChI=1S/C14H24N4/c1-11(3-7-15)14-16-8-4-13(17-14)12-5-9-18(2)10-6-12/h4,8,11-12H,3,5-7,9-10,15H2,1-2H3. The normalized spacial score (nSPS) is 19.9. The fraction of sp³-hybridized carbons (Fsp3) is 0.714. The summed E-state index contributed by atoms with van der Waals surface area (Å²) in [5, 5.41) is 0. The van der Waals surface area contributed by atoms with Crippen LogP contribution in [0.5, 0.6) is 0 Å². The summed E-state index contributed by atoms with van der Waals surface area (Å²) in [5.41, 5.74) is 6.82. The van der Waals surface area contributed by atoms with Gasteiger partial charge < -0.3 is 10.6 Å². The predicted molar refractivity (Wildman–Crippen MR) is 73.6 cm³/mol. The highest BCUT2D eigenvalue weighted by Crippen LogP contribution is 2.26. The second-order valence-corrected chi connectivity index (χ2v) is 5.40. The van der Waals surface area contributed by atoms with Gasteiger partial charge in [0.1, 0.15) is 5.82 Å². The second-order valence-electron chi connectivity index (χ2n) is 5.40. The van der Waals surface area contributed by atoms with Crippen LogP contribution in [-0.4, -0.2) is 41.5 Å². The van der Waals surface area contributed by atoms with E-state index in [0.717, 1.165) is 12.2 Å². The number of hydrogen-bond acceptors (Lipinski definition) is 4. The van der Waals surface area contributed by atoms with E-state index in [0.29, 0.717) is 18.4 Å². The molecule has 1 aliphatic rings. The summed E-state index contributed by atoms with van der Waals surface area (Å²) >= 11 is 0. The maximum atomic E-state index is 5.60. The van der Waals surface area contributed by atoms with E-state index in [9.17, 15) is 0 Å². The molecule has 0 saturated carbocycles. The fourth-order valence-corrected chi connectivity index (χ4v) is 2.54. The van der Waals surface area contributed by atoms with Crippen LogP contribution in [0.15, 0.2) is 12.3 Å². The molecule has 0 radical (unpaired) electrons. The summed E-state index contributed by atoms with van der Waals surface area (Å²) in [5.74, 6) is 1.92. The van der Waals surface area contributed by atoms with E-state index in [1.54, 1.807) is 0 Å². The Hall–Kier alpha value is -1.00. The third kappa shape index (κ3) is 3.27. The summed E-state index contributed by atoms with van der Waals surface area (Å²) in [6, 6.07) is 2.08. The van der Waals surface area contributed by atoms with Crippen molar-refractivity contribution in [2.75, 3.05) is 26.7 Å². The lowest BCUT2D eigenvalue weighted by atomic mass is 9.93. The van der Waals surface area contributed by atoms with E-state index in [1.165, 1.54) is 31.6 Å². The minimum Gasteiger partial charge on any atom is -0.330 e. The van der Waals surface area contributed by atoms with Crippen molar-refractivity contribution in [3.8, 4) is 0 Å². The molecule has 0 amide bonds. The molecule has 1 fully saturated rings. The van der Waals surface area contributed by atoms with E-state index in [2.05, 4.69) is 29.9 Å². The summed E-state index contributed by atoms with van der Waals surface area (Å²) in [6.45, 7) is 5.19. The molecule has 4 nitrogen and oxygen atoms in total. The van der Waals surface area contributed by atoms with Crippen molar-refractivity contribution >= 4 is 0 Å². The third-order valence-corrected chi connectivity index (χ3v) is 3.87. The first-order valence-corrected chi connectivity index (χ1v) is 6.92. The Morgan fingerprint density at radius 3 is 2.83 bits per heavy atom. The van der Waals surface area contributed by atoms with Gasteiger partial charge in [-0.15, -0.1) is 0 Å². The summed E-state index contributed by atoms with van der Waals surface area (Å²) < 4.78 is 0. The van der Waals surface area contributed by atoms with Crippen molar-refractivity contribution in [1.82, 2.24) is 14.9 Å². The quantitative estimate of drug-likeness (QED) is 0.882. The van der Waals surface area contributed by atoms with E-state index < -0.39 is 0 Å². The van der Waals surface area contributed by atoms with Crippen LogP contribution in [0.3, 0.4) is 0 Å². The molecule has 1 saturated heterocycles. The molecule has 2 heterocycles. The Bertz CT molecular complexity index is 372. The molecule has 2 N–H and O–H groups in total. The molecule has 1 aliphatic heterocycles. The Morgan fingerprint density at radius 2 is 2.17 bits per heavy atom. The first kappa shape index (κ1) is 13.4. The zero-order valence-corrected chi connectivity index (χ0v) is 11.5. The van der Waals surface area contributed by atoms with Crippen LogP contribution in [0.2, 0.25) is 0 Å². The number of aromatic nitrogens is 2. The number of nitrogens with zero attached hydrogens (tertiary/aromatic N) is 3. The molecule has 0 aromatic carbocycles. The van der Waals surface area contributed by atoms with Crippen molar-refractivity contribution < 1.29 is 0 Å². The number of rotatable bonds is 4. The molecular weight excluding hydrogens is 224 g/mol. The minimum absolute atomic E-state index is 0.362. The van der Waals surface area contributed by atoms with Gasteiger partial charge in [0, 0.05) is 23.7 Å². The summed E-state index contributed by atoms with van der Waals surface area (Å²) in [6.07, 6.45) is 5.27. The average molecular weight is 248 g/mol. The number of piperidine rings is 1. The molecule has 0 bridgehead atoms. The molecular formula is C14H24N4. The van der Waals surface area contributed by atoms with Crippen molar-refractivity contribution in [3.05, 3.63) is 23.8 Å². The highest BCUT2D eigenvalue weighted by atomic mass is 15.1. The van der Waals surface area contributed by atoms with Gasteiger partial charge in [-0.2, -0.15) is 0 Å². The van der Waals surface area contributed by atoms with Gasteiger partial charge in [-0.05, 0) is 52.0 Å². The van der Waals surface area contributed by atoms with Crippen molar-refractivity contribution in [3.63, 3.8) is 0 Å². The molecule has 1 atom stereocenters. The Labute approximate surface area is 110 Å². The second kappa shape index (κ2) is 6.25. The molecule has 100 valence electrons. The van der Waals surface area contributed by atoms with Gasteiger partial charge in [0.2, 0.25) is 0 Å². The molecule has 1 aromatic rings. The number of likely N-dealkylation sites (tertiary alicyclic amines) is 1. The first-order valence-electron chi connectivity index (χ1n) is 6.92. The molecule has 4 heteroatoms. The Balaban J connectivity index is 2.07. The van der Waals surface area contributed by atoms with E-state index in [4.69, 9.17) is 10.7 Å². The van der Waals surface area contributed by atoms with Crippen LogP contribution in [-0.2, 0) is 0 Å². The first-order chi connectivity index (χ1) is 8.70. The molecule has 18 heavy (non-hydrogen) atoms. The van der Waals surface area contributed by atoms with Crippen LogP contribution < -0.4 is 5.73 Å². The van der Waals surface area contributed by atoms with Crippen LogP contribution >= 0.6 is 0 Å². The molecule has 0 spiro atoms. The Morgan fingerprint density at radius 1 is 1.44 bits per heavy atom. The maximum absolute atomic E-state index is 5.60. The van der Waals surface area contributed by atoms with E-state index in [-0.39, 0.29) is 0 Å². The van der Waals surface area contributed by atoms with Gasteiger partial charge >= 0.3 is 0 Å². The summed E-state index contributed by atoms with van der Waals surface area (Å²) in [7, 11) is 2.19. The monoisotopic (exact) mass is 248 g/mol. The van der Waals surface area contributed by atoms with E-state index in [1.807, 2.05) is 6.20 Å². The van der Waals surface area contributed by atoms with Crippen molar-refractivity contribution in [2.24, 2.45) is 5.73 Å². The highest BCUT2D eigenvalue weighted by molar-refractivity contribution is 5.11. The van der Waals surface area contributed by atoms with Gasteiger partial charge in [0.05, 0.1) is 0 Å². The van der Waals surface area contributed by atoms with Crippen LogP contribution in [0.4, 0.5) is 0 Å². The third-order valence-electron chi connectivity index (χ3n) is 3.87. The lowest BCUT2D eigenvalue weighted by Crippen LogP contribution is -2.29. The zero-order chi connectivity index (χ0) is 13.0. The highest BCUT2D eigenvalue weighted by Gasteiger charge is 2.20. The van der Waals surface area contributed by atoms with Gasteiger partial charge in [0.25, 0.3) is 0 Å². The van der Waals surface area contributed by atoms with E-state index >= 15 is 0 Å². The molecule has 1 aromatic heterocycles.